The Bertz CT molecular complexity index is 435. The maximum absolute atomic E-state index is 13.0. The maximum atomic E-state index is 13.0. The van der Waals surface area contributed by atoms with Gasteiger partial charge in [-0.05, 0) is 31.5 Å². The van der Waals surface area contributed by atoms with Gasteiger partial charge in [0.05, 0.1) is 17.5 Å². The van der Waals surface area contributed by atoms with Crippen LogP contribution in [0.4, 0.5) is 4.39 Å². The molecule has 1 aromatic rings. The van der Waals surface area contributed by atoms with E-state index in [4.69, 9.17) is 17.3 Å². The zero-order valence-corrected chi connectivity index (χ0v) is 10.7. The second-order valence-corrected chi connectivity index (χ2v) is 4.77. The van der Waals surface area contributed by atoms with Crippen LogP contribution in [0.25, 0.3) is 0 Å². The van der Waals surface area contributed by atoms with Crippen molar-refractivity contribution in [3.05, 3.63) is 34.6 Å². The average molecular weight is 260 g/mol. The largest absolute Gasteiger partial charge is 0.469 e. The van der Waals surface area contributed by atoms with Crippen LogP contribution in [-0.4, -0.2) is 13.1 Å². The molecule has 0 saturated carbocycles. The highest BCUT2D eigenvalue weighted by Gasteiger charge is 2.36. The van der Waals surface area contributed by atoms with Crippen molar-refractivity contribution < 1.29 is 13.9 Å². The summed E-state index contributed by atoms with van der Waals surface area (Å²) in [5.74, 6) is -0.941. The number of benzene rings is 1. The molecule has 0 unspecified atom stereocenters. The van der Waals surface area contributed by atoms with Crippen molar-refractivity contribution in [3.63, 3.8) is 0 Å². The predicted molar refractivity (Wildman–Crippen MR) is 64.1 cm³/mol. The van der Waals surface area contributed by atoms with Crippen LogP contribution in [0.2, 0.25) is 5.02 Å². The van der Waals surface area contributed by atoms with Gasteiger partial charge in [-0.2, -0.15) is 0 Å². The lowest BCUT2D eigenvalue weighted by Gasteiger charge is -2.29. The number of methoxy groups -OCH3 is 1. The second kappa shape index (κ2) is 5.02. The number of carbonyl (C=O) groups is 1. The second-order valence-electron chi connectivity index (χ2n) is 4.36. The fourth-order valence-corrected chi connectivity index (χ4v) is 1.70. The van der Waals surface area contributed by atoms with Crippen molar-refractivity contribution in [1.29, 1.82) is 0 Å². The normalized spacial score (nSPS) is 13.3. The number of hydrogen-bond acceptors (Lipinski definition) is 3. The van der Waals surface area contributed by atoms with Gasteiger partial charge in [-0.1, -0.05) is 17.7 Å². The van der Waals surface area contributed by atoms with Gasteiger partial charge >= 0.3 is 5.97 Å². The Hall–Kier alpha value is -1.13. The molecular formula is C12H15ClFNO2. The third-order valence-corrected chi connectivity index (χ3v) is 3.08. The van der Waals surface area contributed by atoms with E-state index in [0.29, 0.717) is 5.56 Å². The molecule has 0 radical (unpaired) electrons. The number of hydrogen-bond donors (Lipinski definition) is 1. The van der Waals surface area contributed by atoms with E-state index in [-0.39, 0.29) is 5.02 Å². The van der Waals surface area contributed by atoms with Crippen LogP contribution < -0.4 is 5.73 Å². The van der Waals surface area contributed by atoms with E-state index in [0.717, 1.165) is 0 Å². The van der Waals surface area contributed by atoms with Gasteiger partial charge in [-0.25, -0.2) is 4.39 Å². The van der Waals surface area contributed by atoms with E-state index in [2.05, 4.69) is 4.74 Å². The molecule has 1 aromatic carbocycles. The molecule has 1 rings (SSSR count). The first-order valence-corrected chi connectivity index (χ1v) is 5.47. The Morgan fingerprint density at radius 2 is 2.12 bits per heavy atom. The van der Waals surface area contributed by atoms with Crippen molar-refractivity contribution >= 4 is 17.6 Å². The monoisotopic (exact) mass is 259 g/mol. The molecule has 94 valence electrons. The SMILES string of the molecule is COC(=O)C(C)(C)[C@@H](N)c1ccc(F)c(Cl)c1. The van der Waals surface area contributed by atoms with Crippen LogP contribution in [0.1, 0.15) is 25.5 Å². The van der Waals surface area contributed by atoms with E-state index in [1.165, 1.54) is 25.3 Å². The Balaban J connectivity index is 3.07. The third kappa shape index (κ3) is 2.76. The average Bonchev–Trinajstić information content (AvgIpc) is 2.30. The minimum atomic E-state index is -0.907. The van der Waals surface area contributed by atoms with Gasteiger partial charge in [0.25, 0.3) is 0 Å². The van der Waals surface area contributed by atoms with Crippen LogP contribution >= 0.6 is 11.6 Å². The molecule has 0 aromatic heterocycles. The summed E-state index contributed by atoms with van der Waals surface area (Å²) in [7, 11) is 1.30. The number of halogens is 2. The summed E-state index contributed by atoms with van der Waals surface area (Å²) < 4.78 is 17.7. The predicted octanol–water partition coefficient (Wildman–Crippen LogP) is 2.68. The first-order chi connectivity index (χ1) is 7.80. The quantitative estimate of drug-likeness (QED) is 0.849. The Morgan fingerprint density at radius 3 is 2.59 bits per heavy atom. The van der Waals surface area contributed by atoms with E-state index >= 15 is 0 Å². The number of rotatable bonds is 3. The van der Waals surface area contributed by atoms with Gasteiger partial charge in [0.15, 0.2) is 0 Å². The minimum absolute atomic E-state index is 0.0152. The molecular weight excluding hydrogens is 245 g/mol. The molecule has 5 heteroatoms. The number of esters is 1. The summed E-state index contributed by atoms with van der Waals surface area (Å²) in [6, 6.07) is 3.54. The van der Waals surface area contributed by atoms with Crippen LogP contribution in [-0.2, 0) is 9.53 Å². The van der Waals surface area contributed by atoms with Gasteiger partial charge in [0.1, 0.15) is 5.82 Å². The molecule has 1 atom stereocenters. The standard InChI is InChI=1S/C12H15ClFNO2/c1-12(2,11(16)17-3)10(15)7-4-5-9(14)8(13)6-7/h4-6,10H,15H2,1-3H3/t10-/m0/s1. The van der Waals surface area contributed by atoms with Crippen molar-refractivity contribution in [1.82, 2.24) is 0 Å². The third-order valence-electron chi connectivity index (χ3n) is 2.79. The van der Waals surface area contributed by atoms with Crippen LogP contribution in [0.15, 0.2) is 18.2 Å². The highest BCUT2D eigenvalue weighted by atomic mass is 35.5. The molecule has 0 fully saturated rings. The molecule has 3 nitrogen and oxygen atoms in total. The summed E-state index contributed by atoms with van der Waals surface area (Å²) in [5, 5.41) is -0.0152. The topological polar surface area (TPSA) is 52.3 Å². The lowest BCUT2D eigenvalue weighted by atomic mass is 9.81. The molecule has 17 heavy (non-hydrogen) atoms. The summed E-state index contributed by atoms with van der Waals surface area (Å²) >= 11 is 5.67. The zero-order valence-electron chi connectivity index (χ0n) is 9.96. The lowest BCUT2D eigenvalue weighted by Crippen LogP contribution is -2.37. The van der Waals surface area contributed by atoms with E-state index in [9.17, 15) is 9.18 Å². The Labute approximate surface area is 105 Å². The van der Waals surface area contributed by atoms with E-state index in [1.54, 1.807) is 13.8 Å². The van der Waals surface area contributed by atoms with Crippen LogP contribution in [0, 0.1) is 11.2 Å². The van der Waals surface area contributed by atoms with E-state index < -0.39 is 23.2 Å². The van der Waals surface area contributed by atoms with Crippen molar-refractivity contribution in [3.8, 4) is 0 Å². The van der Waals surface area contributed by atoms with Crippen molar-refractivity contribution in [2.75, 3.05) is 7.11 Å². The Morgan fingerprint density at radius 1 is 1.53 bits per heavy atom. The number of nitrogens with two attached hydrogens (primary N) is 1. The molecule has 0 amide bonds. The molecule has 0 saturated heterocycles. The van der Waals surface area contributed by atoms with Gasteiger partial charge in [-0.3, -0.25) is 4.79 Å². The molecule has 0 spiro atoms. The molecule has 0 aliphatic carbocycles. The first kappa shape index (κ1) is 13.9. The highest BCUT2D eigenvalue weighted by Crippen LogP contribution is 2.33. The van der Waals surface area contributed by atoms with Gasteiger partial charge in [0, 0.05) is 6.04 Å². The van der Waals surface area contributed by atoms with E-state index in [1.807, 2.05) is 0 Å². The summed E-state index contributed by atoms with van der Waals surface area (Å²) in [4.78, 5) is 11.6. The molecule has 2 N–H and O–H groups in total. The molecule has 0 bridgehead atoms. The van der Waals surface area contributed by atoms with Crippen molar-refractivity contribution in [2.24, 2.45) is 11.1 Å². The smallest absolute Gasteiger partial charge is 0.313 e. The number of carbonyl (C=O) groups excluding carboxylic acids is 1. The Kier molecular flexibility index (Phi) is 4.11. The van der Waals surface area contributed by atoms with Crippen molar-refractivity contribution in [2.45, 2.75) is 19.9 Å². The highest BCUT2D eigenvalue weighted by molar-refractivity contribution is 6.30. The van der Waals surface area contributed by atoms with Gasteiger partial charge in [0.2, 0.25) is 0 Å². The zero-order chi connectivity index (χ0) is 13.2. The van der Waals surface area contributed by atoms with Crippen LogP contribution in [0.5, 0.6) is 0 Å². The fourth-order valence-electron chi connectivity index (χ4n) is 1.51. The molecule has 0 aliphatic heterocycles. The summed E-state index contributed by atoms with van der Waals surface area (Å²) in [5.41, 5.74) is 5.67. The lowest BCUT2D eigenvalue weighted by molar-refractivity contribution is -0.152. The first-order valence-electron chi connectivity index (χ1n) is 5.09. The minimum Gasteiger partial charge on any atom is -0.469 e. The molecule has 0 aliphatic rings. The summed E-state index contributed by atoms with van der Waals surface area (Å²) in [6.45, 7) is 3.33. The number of ether oxygens (including phenoxy) is 1. The molecule has 0 heterocycles. The van der Waals surface area contributed by atoms with Gasteiger partial charge < -0.3 is 10.5 Å². The van der Waals surface area contributed by atoms with Gasteiger partial charge in [-0.15, -0.1) is 0 Å². The summed E-state index contributed by atoms with van der Waals surface area (Å²) in [6.07, 6.45) is 0. The maximum Gasteiger partial charge on any atom is 0.313 e. The fraction of sp³-hybridized carbons (Fsp3) is 0.417. The van der Waals surface area contributed by atoms with Crippen LogP contribution in [0.3, 0.4) is 0 Å².